The molecular formula is C17H13F2N5O. The number of hydrogen-bond donors (Lipinski definition) is 2. The van der Waals surface area contributed by atoms with E-state index in [1.807, 2.05) is 0 Å². The van der Waals surface area contributed by atoms with Crippen molar-refractivity contribution in [3.05, 3.63) is 65.9 Å². The van der Waals surface area contributed by atoms with Crippen LogP contribution in [0.1, 0.15) is 17.3 Å². The Labute approximate surface area is 141 Å². The maximum Gasteiger partial charge on any atom is 0.249 e. The number of benzene rings is 2. The number of nitrogens with zero attached hydrogens (tertiary/aromatic N) is 3. The first-order valence-corrected chi connectivity index (χ1v) is 7.31. The molecule has 0 aliphatic carbocycles. The average molecular weight is 341 g/mol. The molecule has 0 amide bonds. The minimum Gasteiger partial charge on any atom is -0.339 e. The highest BCUT2D eigenvalue weighted by atomic mass is 19.1. The molecule has 2 aromatic carbocycles. The lowest BCUT2D eigenvalue weighted by Crippen LogP contribution is -2.04. The van der Waals surface area contributed by atoms with Crippen molar-refractivity contribution in [2.45, 2.75) is 6.92 Å². The number of anilines is 4. The standard InChI is InChI=1S/C17H13F2N5O/c1-10(25)11-3-2-4-13(7-11)21-16-9-20-24-17(23-16)22-15-6-5-12(18)8-14(15)19/h2-9H,1H3,(H2,21,22,23,24). The molecule has 0 atom stereocenters. The van der Waals surface area contributed by atoms with E-state index < -0.39 is 11.6 Å². The zero-order valence-electron chi connectivity index (χ0n) is 13.1. The van der Waals surface area contributed by atoms with Crippen LogP contribution in [-0.4, -0.2) is 21.0 Å². The van der Waals surface area contributed by atoms with E-state index in [4.69, 9.17) is 0 Å². The lowest BCUT2D eigenvalue weighted by atomic mass is 10.1. The quantitative estimate of drug-likeness (QED) is 0.687. The molecular weight excluding hydrogens is 328 g/mol. The van der Waals surface area contributed by atoms with Gasteiger partial charge in [0.05, 0.1) is 11.9 Å². The largest absolute Gasteiger partial charge is 0.339 e. The predicted molar refractivity (Wildman–Crippen MR) is 89.2 cm³/mol. The van der Waals surface area contributed by atoms with E-state index in [0.717, 1.165) is 12.1 Å². The Bertz CT molecular complexity index is 932. The summed E-state index contributed by atoms with van der Waals surface area (Å²) >= 11 is 0. The minimum absolute atomic E-state index is 0.0268. The molecule has 8 heteroatoms. The highest BCUT2D eigenvalue weighted by molar-refractivity contribution is 5.95. The summed E-state index contributed by atoms with van der Waals surface area (Å²) in [5, 5.41) is 13.2. The molecule has 0 saturated heterocycles. The number of rotatable bonds is 5. The van der Waals surface area contributed by atoms with Gasteiger partial charge in [0, 0.05) is 17.3 Å². The van der Waals surface area contributed by atoms with Crippen molar-refractivity contribution in [1.29, 1.82) is 0 Å². The van der Waals surface area contributed by atoms with E-state index in [9.17, 15) is 13.6 Å². The minimum atomic E-state index is -0.767. The zero-order valence-corrected chi connectivity index (χ0v) is 13.1. The highest BCUT2D eigenvalue weighted by Gasteiger charge is 2.07. The van der Waals surface area contributed by atoms with Gasteiger partial charge in [0.25, 0.3) is 0 Å². The highest BCUT2D eigenvalue weighted by Crippen LogP contribution is 2.20. The molecule has 0 fully saturated rings. The van der Waals surface area contributed by atoms with Gasteiger partial charge in [-0.25, -0.2) is 8.78 Å². The molecule has 126 valence electrons. The number of nitrogens with one attached hydrogen (secondary N) is 2. The van der Waals surface area contributed by atoms with Gasteiger partial charge in [-0.3, -0.25) is 4.79 Å². The topological polar surface area (TPSA) is 79.8 Å². The van der Waals surface area contributed by atoms with Crippen LogP contribution in [0, 0.1) is 11.6 Å². The Kier molecular flexibility index (Phi) is 4.60. The molecule has 1 heterocycles. The fourth-order valence-corrected chi connectivity index (χ4v) is 2.09. The van der Waals surface area contributed by atoms with Crippen LogP contribution in [0.4, 0.5) is 31.9 Å². The Morgan fingerprint density at radius 2 is 1.92 bits per heavy atom. The van der Waals surface area contributed by atoms with Gasteiger partial charge in [-0.2, -0.15) is 10.1 Å². The van der Waals surface area contributed by atoms with Crippen molar-refractivity contribution in [3.8, 4) is 0 Å². The molecule has 0 spiro atoms. The van der Waals surface area contributed by atoms with Crippen molar-refractivity contribution in [2.75, 3.05) is 10.6 Å². The fourth-order valence-electron chi connectivity index (χ4n) is 2.09. The lowest BCUT2D eigenvalue weighted by Gasteiger charge is -2.09. The van der Waals surface area contributed by atoms with Crippen LogP contribution in [-0.2, 0) is 0 Å². The normalized spacial score (nSPS) is 10.4. The number of ketones is 1. The Hall–Kier alpha value is -3.42. The predicted octanol–water partition coefficient (Wildman–Crippen LogP) is 3.84. The second kappa shape index (κ2) is 7.00. The van der Waals surface area contributed by atoms with Gasteiger partial charge in [0.2, 0.25) is 5.95 Å². The molecule has 0 radical (unpaired) electrons. The average Bonchev–Trinajstić information content (AvgIpc) is 2.58. The van der Waals surface area contributed by atoms with E-state index in [2.05, 4.69) is 25.8 Å². The number of halogens is 2. The van der Waals surface area contributed by atoms with Crippen LogP contribution in [0.15, 0.2) is 48.7 Å². The molecule has 0 unspecified atom stereocenters. The summed E-state index contributed by atoms with van der Waals surface area (Å²) in [5.41, 5.74) is 1.23. The molecule has 0 aliphatic heterocycles. The van der Waals surface area contributed by atoms with E-state index in [1.54, 1.807) is 24.3 Å². The van der Waals surface area contributed by atoms with Crippen molar-refractivity contribution in [3.63, 3.8) is 0 Å². The van der Waals surface area contributed by atoms with Crippen LogP contribution in [0.5, 0.6) is 0 Å². The summed E-state index contributed by atoms with van der Waals surface area (Å²) in [6.45, 7) is 1.48. The fraction of sp³-hybridized carbons (Fsp3) is 0.0588. The lowest BCUT2D eigenvalue weighted by molar-refractivity contribution is 0.101. The first-order chi connectivity index (χ1) is 12.0. The van der Waals surface area contributed by atoms with E-state index in [0.29, 0.717) is 17.1 Å². The van der Waals surface area contributed by atoms with Crippen molar-refractivity contribution < 1.29 is 13.6 Å². The second-order valence-electron chi connectivity index (χ2n) is 5.18. The van der Waals surface area contributed by atoms with Crippen LogP contribution in [0.2, 0.25) is 0 Å². The Balaban J connectivity index is 1.79. The maximum atomic E-state index is 13.7. The summed E-state index contributed by atoms with van der Waals surface area (Å²) in [6, 6.07) is 10.00. The summed E-state index contributed by atoms with van der Waals surface area (Å²) in [4.78, 5) is 15.6. The van der Waals surface area contributed by atoms with E-state index in [1.165, 1.54) is 19.2 Å². The number of carbonyl (C=O) groups excluding carboxylic acids is 1. The molecule has 3 aromatic rings. The summed E-state index contributed by atoms with van der Waals surface area (Å²) in [5.74, 6) is -1.11. The SMILES string of the molecule is CC(=O)c1cccc(Nc2cnnc(Nc3ccc(F)cc3F)n2)c1. The second-order valence-corrected chi connectivity index (χ2v) is 5.18. The summed E-state index contributed by atoms with van der Waals surface area (Å²) in [7, 11) is 0. The number of Topliss-reactive ketones (excluding diaryl/α,β-unsaturated/α-hetero) is 1. The summed E-state index contributed by atoms with van der Waals surface area (Å²) in [6.07, 6.45) is 1.38. The maximum absolute atomic E-state index is 13.7. The van der Waals surface area contributed by atoms with Gasteiger partial charge in [-0.1, -0.05) is 12.1 Å². The number of carbonyl (C=O) groups is 1. The third kappa shape index (κ3) is 4.11. The molecule has 6 nitrogen and oxygen atoms in total. The van der Waals surface area contributed by atoms with Crippen molar-refractivity contribution in [1.82, 2.24) is 15.2 Å². The zero-order chi connectivity index (χ0) is 17.8. The van der Waals surface area contributed by atoms with Gasteiger partial charge in [0.1, 0.15) is 11.6 Å². The van der Waals surface area contributed by atoms with Gasteiger partial charge in [0.15, 0.2) is 11.6 Å². The molecule has 2 N–H and O–H groups in total. The van der Waals surface area contributed by atoms with Crippen LogP contribution >= 0.6 is 0 Å². The van der Waals surface area contributed by atoms with Gasteiger partial charge >= 0.3 is 0 Å². The van der Waals surface area contributed by atoms with Crippen molar-refractivity contribution >= 4 is 28.9 Å². The summed E-state index contributed by atoms with van der Waals surface area (Å²) < 4.78 is 26.6. The smallest absolute Gasteiger partial charge is 0.249 e. The van der Waals surface area contributed by atoms with Crippen LogP contribution in [0.25, 0.3) is 0 Å². The van der Waals surface area contributed by atoms with Gasteiger partial charge in [-0.05, 0) is 31.2 Å². The van der Waals surface area contributed by atoms with E-state index >= 15 is 0 Å². The first kappa shape index (κ1) is 16.4. The Morgan fingerprint density at radius 1 is 1.08 bits per heavy atom. The van der Waals surface area contributed by atoms with Gasteiger partial charge in [-0.15, -0.1) is 5.10 Å². The number of aromatic nitrogens is 3. The molecule has 1 aromatic heterocycles. The Morgan fingerprint density at radius 3 is 2.68 bits per heavy atom. The molecule has 0 saturated carbocycles. The third-order valence-corrected chi connectivity index (χ3v) is 3.28. The van der Waals surface area contributed by atoms with Crippen LogP contribution < -0.4 is 10.6 Å². The third-order valence-electron chi connectivity index (χ3n) is 3.28. The monoisotopic (exact) mass is 341 g/mol. The van der Waals surface area contributed by atoms with E-state index in [-0.39, 0.29) is 17.4 Å². The first-order valence-electron chi connectivity index (χ1n) is 7.31. The van der Waals surface area contributed by atoms with Gasteiger partial charge < -0.3 is 10.6 Å². The van der Waals surface area contributed by atoms with Crippen molar-refractivity contribution in [2.24, 2.45) is 0 Å². The molecule has 25 heavy (non-hydrogen) atoms. The molecule has 0 aliphatic rings. The molecule has 0 bridgehead atoms. The number of hydrogen-bond acceptors (Lipinski definition) is 6. The molecule has 3 rings (SSSR count). The van der Waals surface area contributed by atoms with Crippen LogP contribution in [0.3, 0.4) is 0 Å².